The van der Waals surface area contributed by atoms with E-state index in [-0.39, 0.29) is 6.23 Å². The number of hydrogen-bond acceptors (Lipinski definition) is 6. The van der Waals surface area contributed by atoms with Crippen LogP contribution in [-0.2, 0) is 4.74 Å². The molecule has 0 fully saturated rings. The van der Waals surface area contributed by atoms with Gasteiger partial charge in [0.1, 0.15) is 0 Å². The van der Waals surface area contributed by atoms with Crippen LogP contribution < -0.4 is 5.43 Å². The maximum absolute atomic E-state index is 5.68. The van der Waals surface area contributed by atoms with Gasteiger partial charge in [-0.05, 0) is 55.2 Å². The second kappa shape index (κ2) is 6.29. The molecule has 3 aromatic rings. The van der Waals surface area contributed by atoms with Crippen molar-refractivity contribution in [3.63, 3.8) is 0 Å². The maximum atomic E-state index is 5.68. The topological polar surface area (TPSA) is 72.5 Å². The van der Waals surface area contributed by atoms with Crippen molar-refractivity contribution in [2.75, 3.05) is 0 Å². The van der Waals surface area contributed by atoms with Gasteiger partial charge in [0.05, 0.1) is 0 Å². The van der Waals surface area contributed by atoms with Crippen molar-refractivity contribution >= 4 is 5.90 Å². The van der Waals surface area contributed by atoms with Gasteiger partial charge < -0.3 is 9.15 Å². The van der Waals surface area contributed by atoms with Crippen LogP contribution in [0.4, 0.5) is 0 Å². The van der Waals surface area contributed by atoms with Crippen LogP contribution in [0.3, 0.4) is 0 Å². The van der Waals surface area contributed by atoms with Crippen molar-refractivity contribution in [3.05, 3.63) is 59.0 Å². The number of nitrogens with zero attached hydrogens (tertiary/aromatic N) is 3. The number of benzene rings is 2. The molecule has 1 aliphatic rings. The summed E-state index contributed by atoms with van der Waals surface area (Å²) in [5.74, 6) is 1.76. The average molecular weight is 348 g/mol. The molecular weight excluding hydrogens is 328 g/mol. The summed E-state index contributed by atoms with van der Waals surface area (Å²) in [6.07, 6.45) is -0.0902. The standard InChI is InChI=1S/C20H20N4O2/c1-11-9-15(5-7-17(11)19-23-21-13(3)25-19)16-6-8-18(12(2)10-16)20-24-22-14(4)26-20/h5-10,13,21H,1-4H3. The summed E-state index contributed by atoms with van der Waals surface area (Å²) < 4.78 is 11.2. The van der Waals surface area contributed by atoms with E-state index >= 15 is 0 Å². The Balaban J connectivity index is 1.66. The third-order valence-electron chi connectivity index (χ3n) is 4.41. The Hall–Kier alpha value is -3.15. The molecule has 2 heterocycles. The second-order valence-electron chi connectivity index (χ2n) is 6.49. The minimum Gasteiger partial charge on any atom is -0.451 e. The Morgan fingerprint density at radius 3 is 2.04 bits per heavy atom. The summed E-state index contributed by atoms with van der Waals surface area (Å²) in [4.78, 5) is 0. The highest BCUT2D eigenvalue weighted by atomic mass is 16.5. The van der Waals surface area contributed by atoms with Crippen LogP contribution in [0, 0.1) is 20.8 Å². The van der Waals surface area contributed by atoms with Crippen molar-refractivity contribution in [2.45, 2.75) is 33.9 Å². The van der Waals surface area contributed by atoms with Crippen LogP contribution in [0.15, 0.2) is 45.9 Å². The largest absolute Gasteiger partial charge is 0.451 e. The second-order valence-corrected chi connectivity index (χ2v) is 6.49. The lowest BCUT2D eigenvalue weighted by Crippen LogP contribution is -2.16. The molecular formula is C20H20N4O2. The van der Waals surface area contributed by atoms with Crippen molar-refractivity contribution in [1.29, 1.82) is 0 Å². The number of aryl methyl sites for hydroxylation is 3. The van der Waals surface area contributed by atoms with Gasteiger partial charge in [0.25, 0.3) is 0 Å². The molecule has 1 aromatic heterocycles. The first-order valence-corrected chi connectivity index (χ1v) is 8.53. The SMILES string of the molecule is Cc1nnc(-c2ccc(-c3ccc(C4=NNC(C)O4)c(C)c3)cc2C)o1. The van der Waals surface area contributed by atoms with E-state index in [1.54, 1.807) is 6.92 Å². The third kappa shape index (κ3) is 2.94. The number of aromatic nitrogens is 2. The van der Waals surface area contributed by atoms with Gasteiger partial charge in [0, 0.05) is 18.1 Å². The molecule has 1 atom stereocenters. The maximum Gasteiger partial charge on any atom is 0.247 e. The summed E-state index contributed by atoms with van der Waals surface area (Å²) in [6.45, 7) is 7.83. The Morgan fingerprint density at radius 2 is 1.54 bits per heavy atom. The quantitative estimate of drug-likeness (QED) is 0.776. The first-order chi connectivity index (χ1) is 12.5. The van der Waals surface area contributed by atoms with Gasteiger partial charge >= 0.3 is 0 Å². The van der Waals surface area contributed by atoms with Gasteiger partial charge in [0.2, 0.25) is 17.7 Å². The fraction of sp³-hybridized carbons (Fsp3) is 0.250. The summed E-state index contributed by atoms with van der Waals surface area (Å²) in [6, 6.07) is 12.5. The number of rotatable bonds is 3. The molecule has 26 heavy (non-hydrogen) atoms. The molecule has 6 heteroatoms. The molecule has 0 saturated heterocycles. The van der Waals surface area contributed by atoms with Gasteiger partial charge in [-0.3, -0.25) is 5.43 Å². The highest BCUT2D eigenvalue weighted by molar-refractivity contribution is 5.96. The van der Waals surface area contributed by atoms with E-state index in [9.17, 15) is 0 Å². The van der Waals surface area contributed by atoms with E-state index in [4.69, 9.17) is 9.15 Å². The molecule has 0 aliphatic carbocycles. The number of nitrogens with one attached hydrogen (secondary N) is 1. The Kier molecular flexibility index (Phi) is 3.95. The normalized spacial score (nSPS) is 16.2. The van der Waals surface area contributed by atoms with Crippen molar-refractivity contribution < 1.29 is 9.15 Å². The number of hydrazone groups is 1. The van der Waals surface area contributed by atoms with Gasteiger partial charge in [-0.1, -0.05) is 24.3 Å². The van der Waals surface area contributed by atoms with Gasteiger partial charge in [-0.25, -0.2) is 0 Å². The predicted molar refractivity (Wildman–Crippen MR) is 99.6 cm³/mol. The molecule has 0 amide bonds. The molecule has 0 radical (unpaired) electrons. The summed E-state index contributed by atoms with van der Waals surface area (Å²) in [5, 5.41) is 12.2. The monoisotopic (exact) mass is 348 g/mol. The zero-order chi connectivity index (χ0) is 18.3. The number of ether oxygens (including phenoxy) is 1. The van der Waals surface area contributed by atoms with Gasteiger partial charge in [0.15, 0.2) is 6.23 Å². The highest BCUT2D eigenvalue weighted by Crippen LogP contribution is 2.29. The fourth-order valence-corrected chi connectivity index (χ4v) is 3.07. The van der Waals surface area contributed by atoms with Gasteiger partial charge in [-0.15, -0.1) is 15.3 Å². The zero-order valence-electron chi connectivity index (χ0n) is 15.2. The lowest BCUT2D eigenvalue weighted by atomic mass is 9.96. The average Bonchev–Trinajstić information content (AvgIpc) is 3.23. The molecule has 6 nitrogen and oxygen atoms in total. The molecule has 132 valence electrons. The first kappa shape index (κ1) is 16.3. The molecule has 1 unspecified atom stereocenters. The van der Waals surface area contributed by atoms with E-state index in [0.29, 0.717) is 17.7 Å². The zero-order valence-corrected chi connectivity index (χ0v) is 15.2. The van der Waals surface area contributed by atoms with Crippen LogP contribution in [0.2, 0.25) is 0 Å². The molecule has 0 bridgehead atoms. The van der Waals surface area contributed by atoms with Crippen LogP contribution in [0.25, 0.3) is 22.6 Å². The number of hydrogen-bond donors (Lipinski definition) is 1. The van der Waals surface area contributed by atoms with Crippen LogP contribution in [0.1, 0.15) is 29.5 Å². The Bertz CT molecular complexity index is 1010. The fourth-order valence-electron chi connectivity index (χ4n) is 3.07. The minimum atomic E-state index is -0.0902. The van der Waals surface area contributed by atoms with Crippen LogP contribution >= 0.6 is 0 Å². The summed E-state index contributed by atoms with van der Waals surface area (Å²) in [7, 11) is 0. The first-order valence-electron chi connectivity index (χ1n) is 8.53. The molecule has 1 N–H and O–H groups in total. The van der Waals surface area contributed by atoms with E-state index in [2.05, 4.69) is 51.9 Å². The van der Waals surface area contributed by atoms with E-state index in [1.807, 2.05) is 26.0 Å². The molecule has 1 aliphatic heterocycles. The third-order valence-corrected chi connectivity index (χ3v) is 4.41. The van der Waals surface area contributed by atoms with Crippen molar-refractivity contribution in [2.24, 2.45) is 5.10 Å². The summed E-state index contributed by atoms with van der Waals surface area (Å²) >= 11 is 0. The lowest BCUT2D eigenvalue weighted by Gasteiger charge is -2.11. The van der Waals surface area contributed by atoms with E-state index in [1.165, 1.54) is 0 Å². The minimum absolute atomic E-state index is 0.0902. The smallest absolute Gasteiger partial charge is 0.247 e. The highest BCUT2D eigenvalue weighted by Gasteiger charge is 2.18. The van der Waals surface area contributed by atoms with Gasteiger partial charge in [-0.2, -0.15) is 0 Å². The predicted octanol–water partition coefficient (Wildman–Crippen LogP) is 3.96. The van der Waals surface area contributed by atoms with Crippen molar-refractivity contribution in [1.82, 2.24) is 15.6 Å². The van der Waals surface area contributed by atoms with E-state index < -0.39 is 0 Å². The van der Waals surface area contributed by atoms with E-state index in [0.717, 1.165) is 33.4 Å². The van der Waals surface area contributed by atoms with Crippen molar-refractivity contribution in [3.8, 4) is 22.6 Å². The molecule has 4 rings (SSSR count). The molecule has 0 spiro atoms. The van der Waals surface area contributed by atoms with Crippen LogP contribution in [-0.4, -0.2) is 22.3 Å². The Morgan fingerprint density at radius 1 is 0.885 bits per heavy atom. The Labute approximate surface area is 151 Å². The molecule has 0 saturated carbocycles. The van der Waals surface area contributed by atoms with Crippen LogP contribution in [0.5, 0.6) is 0 Å². The lowest BCUT2D eigenvalue weighted by molar-refractivity contribution is 0.209. The molecule has 2 aromatic carbocycles. The summed E-state index contributed by atoms with van der Waals surface area (Å²) in [5.41, 5.74) is 9.36.